The van der Waals surface area contributed by atoms with E-state index in [1.165, 1.54) is 6.21 Å². The maximum atomic E-state index is 12.7. The van der Waals surface area contributed by atoms with Crippen LogP contribution in [0.15, 0.2) is 61.7 Å². The van der Waals surface area contributed by atoms with Crippen LogP contribution in [0.2, 0.25) is 0 Å². The minimum atomic E-state index is -0.638. The molecule has 218 valence electrons. The zero-order valence-corrected chi connectivity index (χ0v) is 26.4. The fourth-order valence-corrected chi connectivity index (χ4v) is 5.46. The third-order valence-corrected chi connectivity index (χ3v) is 6.81. The molecule has 0 unspecified atom stereocenters. The van der Waals surface area contributed by atoms with Gasteiger partial charge in [-0.3, -0.25) is 4.79 Å². The number of hydrogen-bond acceptors (Lipinski definition) is 9. The maximum Gasteiger partial charge on any atom is 0.344 e. The predicted molar refractivity (Wildman–Crippen MR) is 163 cm³/mol. The van der Waals surface area contributed by atoms with Gasteiger partial charge in [-0.15, -0.1) is 0 Å². The van der Waals surface area contributed by atoms with E-state index in [4.69, 9.17) is 31.2 Å². The van der Waals surface area contributed by atoms with Gasteiger partial charge in [0.15, 0.2) is 18.3 Å². The Morgan fingerprint density at radius 1 is 1.05 bits per heavy atom. The van der Waals surface area contributed by atoms with Crippen LogP contribution in [0.5, 0.6) is 11.5 Å². The number of nitrogens with one attached hydrogen (secondary N) is 3. The van der Waals surface area contributed by atoms with Crippen LogP contribution in [0, 0.1) is 0 Å². The van der Waals surface area contributed by atoms with Crippen LogP contribution in [-0.2, 0) is 23.9 Å². The molecular weight excluding hydrogens is 684 g/mol. The maximum absolute atomic E-state index is 12.7. The summed E-state index contributed by atoms with van der Waals surface area (Å²) in [6.07, 6.45) is 1.44. The van der Waals surface area contributed by atoms with Crippen LogP contribution < -0.4 is 25.5 Å². The smallest absolute Gasteiger partial charge is 0.344 e. The zero-order chi connectivity index (χ0) is 29.9. The normalized spacial score (nSPS) is 14.7. The van der Waals surface area contributed by atoms with E-state index in [0.717, 1.165) is 0 Å². The molecule has 0 bridgehead atoms. The lowest BCUT2D eigenvalue weighted by Gasteiger charge is -2.30. The van der Waals surface area contributed by atoms with E-state index in [0.29, 0.717) is 48.0 Å². The summed E-state index contributed by atoms with van der Waals surface area (Å²) in [6, 6.07) is 9.80. The molecule has 14 heteroatoms. The summed E-state index contributed by atoms with van der Waals surface area (Å²) in [5.74, 6) is -0.668. The molecule has 2 aromatic carbocycles. The topological polar surface area (TPSA) is 137 Å². The average molecular weight is 712 g/mol. The van der Waals surface area contributed by atoms with Gasteiger partial charge in [-0.25, -0.2) is 15.0 Å². The molecule has 0 fully saturated rings. The molecule has 1 atom stereocenters. The number of ether oxygens (including phenoxy) is 4. The number of halogens is 2. The molecule has 41 heavy (non-hydrogen) atoms. The van der Waals surface area contributed by atoms with E-state index in [1.807, 2.05) is 0 Å². The second kappa shape index (κ2) is 15.5. The SMILES string of the molecule is CCOC(=O)COc1c(Br)cc(C=NNC(=O)COc2ccccc2[C@H]2NC(=S)NC(C)=C2C(=O)OCC)cc1Br. The van der Waals surface area contributed by atoms with Crippen LogP contribution in [0.1, 0.15) is 37.9 Å². The molecule has 1 heterocycles. The number of benzene rings is 2. The van der Waals surface area contributed by atoms with Gasteiger partial charge in [0.1, 0.15) is 11.5 Å². The first-order valence-electron chi connectivity index (χ1n) is 12.4. The Hall–Kier alpha value is -3.49. The molecule has 3 rings (SSSR count). The summed E-state index contributed by atoms with van der Waals surface area (Å²) < 4.78 is 22.5. The Morgan fingerprint density at radius 3 is 2.41 bits per heavy atom. The van der Waals surface area contributed by atoms with Gasteiger partial charge in [-0.1, -0.05) is 18.2 Å². The minimum absolute atomic E-state index is 0.215. The number of amides is 1. The van der Waals surface area contributed by atoms with Gasteiger partial charge in [-0.2, -0.15) is 5.10 Å². The summed E-state index contributed by atoms with van der Waals surface area (Å²) in [5, 5.41) is 10.4. The van der Waals surface area contributed by atoms with Crippen LogP contribution in [-0.4, -0.2) is 55.6 Å². The molecule has 1 aliphatic rings. The number of rotatable bonds is 12. The van der Waals surface area contributed by atoms with Gasteiger partial charge in [0.05, 0.1) is 40.0 Å². The number of carbonyl (C=O) groups is 3. The Balaban J connectivity index is 1.64. The third-order valence-electron chi connectivity index (χ3n) is 5.42. The lowest BCUT2D eigenvalue weighted by molar-refractivity contribution is -0.145. The summed E-state index contributed by atoms with van der Waals surface area (Å²) in [5.41, 5.74) is 4.59. The monoisotopic (exact) mass is 710 g/mol. The first-order chi connectivity index (χ1) is 19.6. The lowest BCUT2D eigenvalue weighted by atomic mass is 9.95. The van der Waals surface area contributed by atoms with Gasteiger partial charge in [0.2, 0.25) is 0 Å². The average Bonchev–Trinajstić information content (AvgIpc) is 2.91. The highest BCUT2D eigenvalue weighted by molar-refractivity contribution is 9.11. The van der Waals surface area contributed by atoms with Crippen LogP contribution in [0.25, 0.3) is 0 Å². The molecular formula is C27H28Br2N4O7S. The lowest BCUT2D eigenvalue weighted by Crippen LogP contribution is -2.45. The van der Waals surface area contributed by atoms with Gasteiger partial charge in [0, 0.05) is 11.3 Å². The Bertz CT molecular complexity index is 1360. The van der Waals surface area contributed by atoms with Crippen molar-refractivity contribution < 1.29 is 33.3 Å². The molecule has 0 radical (unpaired) electrons. The molecule has 1 aliphatic heterocycles. The molecule has 2 aromatic rings. The minimum Gasteiger partial charge on any atom is -0.483 e. The number of esters is 2. The van der Waals surface area contributed by atoms with Crippen LogP contribution >= 0.6 is 44.1 Å². The molecule has 1 amide bonds. The van der Waals surface area contributed by atoms with E-state index in [-0.39, 0.29) is 26.4 Å². The van der Waals surface area contributed by atoms with Crippen molar-refractivity contribution in [2.75, 3.05) is 26.4 Å². The van der Waals surface area contributed by atoms with E-state index < -0.39 is 23.9 Å². The molecule has 0 spiro atoms. The van der Waals surface area contributed by atoms with Crippen molar-refractivity contribution in [2.24, 2.45) is 5.10 Å². The number of hydrazone groups is 1. The van der Waals surface area contributed by atoms with E-state index in [9.17, 15) is 14.4 Å². The highest BCUT2D eigenvalue weighted by Crippen LogP contribution is 2.35. The van der Waals surface area contributed by atoms with Crippen molar-refractivity contribution in [3.63, 3.8) is 0 Å². The number of thiocarbonyl (C=S) groups is 1. The number of nitrogens with zero attached hydrogens (tertiary/aromatic N) is 1. The van der Waals surface area contributed by atoms with E-state index in [2.05, 4.69) is 53.0 Å². The first-order valence-corrected chi connectivity index (χ1v) is 14.4. The third kappa shape index (κ3) is 9.00. The summed E-state index contributed by atoms with van der Waals surface area (Å²) in [4.78, 5) is 36.7. The fraction of sp³-hybridized carbons (Fsp3) is 0.296. The molecule has 0 aromatic heterocycles. The highest BCUT2D eigenvalue weighted by Gasteiger charge is 2.32. The van der Waals surface area contributed by atoms with Gasteiger partial charge in [-0.05, 0) is 88.6 Å². The Morgan fingerprint density at radius 2 is 1.73 bits per heavy atom. The number of allylic oxidation sites excluding steroid dienone is 1. The Labute approximate surface area is 259 Å². The second-order valence-corrected chi connectivity index (χ2v) is 10.4. The first kappa shape index (κ1) is 32.0. The zero-order valence-electron chi connectivity index (χ0n) is 22.4. The van der Waals surface area contributed by atoms with Crippen molar-refractivity contribution in [1.29, 1.82) is 0 Å². The molecule has 0 saturated heterocycles. The van der Waals surface area contributed by atoms with Crippen LogP contribution in [0.4, 0.5) is 0 Å². The largest absolute Gasteiger partial charge is 0.483 e. The fourth-order valence-electron chi connectivity index (χ4n) is 3.74. The van der Waals surface area contributed by atoms with Crippen LogP contribution in [0.3, 0.4) is 0 Å². The predicted octanol–water partition coefficient (Wildman–Crippen LogP) is 4.04. The van der Waals surface area contributed by atoms with Gasteiger partial charge >= 0.3 is 11.9 Å². The molecule has 11 nitrogen and oxygen atoms in total. The van der Waals surface area contributed by atoms with Crippen molar-refractivity contribution in [1.82, 2.24) is 16.1 Å². The Kier molecular flexibility index (Phi) is 12.1. The van der Waals surface area contributed by atoms with Crippen molar-refractivity contribution in [2.45, 2.75) is 26.8 Å². The second-order valence-electron chi connectivity index (χ2n) is 8.32. The number of hydrogen-bond donors (Lipinski definition) is 3. The molecule has 0 aliphatic carbocycles. The molecule has 0 saturated carbocycles. The summed E-state index contributed by atoms with van der Waals surface area (Å²) in [6.45, 7) is 5.08. The summed E-state index contributed by atoms with van der Waals surface area (Å²) in [7, 11) is 0. The highest BCUT2D eigenvalue weighted by atomic mass is 79.9. The quantitative estimate of drug-likeness (QED) is 0.128. The van der Waals surface area contributed by atoms with Crippen molar-refractivity contribution >= 4 is 73.3 Å². The number of para-hydroxylation sites is 1. The van der Waals surface area contributed by atoms with E-state index >= 15 is 0 Å². The van der Waals surface area contributed by atoms with E-state index in [1.54, 1.807) is 57.2 Å². The standard InChI is InChI=1S/C27H28Br2N4O7S/c1-4-37-22(35)14-40-25-18(28)10-16(11-19(25)29)12-30-33-21(34)13-39-20-9-7-6-8-17(20)24-23(26(36)38-5-2)15(3)31-27(41)32-24/h6-12,24H,4-5,13-14H2,1-3H3,(H,33,34)(H2,31,32,41)/t24-/m1/s1. The summed E-state index contributed by atoms with van der Waals surface area (Å²) >= 11 is 12.1. The van der Waals surface area contributed by atoms with Gasteiger partial charge in [0.25, 0.3) is 5.91 Å². The van der Waals surface area contributed by atoms with Crippen molar-refractivity contribution in [3.05, 3.63) is 67.7 Å². The number of carbonyl (C=O) groups excluding carboxylic acids is 3. The van der Waals surface area contributed by atoms with Crippen molar-refractivity contribution in [3.8, 4) is 11.5 Å². The van der Waals surface area contributed by atoms with Gasteiger partial charge < -0.3 is 29.6 Å². The molecule has 3 N–H and O–H groups in total.